The molecule has 6 heteroatoms. The Hall–Kier alpha value is -1.43. The molecule has 0 aliphatic rings. The molecule has 0 spiro atoms. The largest absolute Gasteiger partial charge is 0.479 e. The van der Waals surface area contributed by atoms with Gasteiger partial charge in [-0.15, -0.1) is 11.6 Å². The normalized spacial score (nSPS) is 12.2. The highest BCUT2D eigenvalue weighted by Crippen LogP contribution is 2.22. The number of aliphatic carboxylic acids is 1. The van der Waals surface area contributed by atoms with Gasteiger partial charge in [0.1, 0.15) is 0 Å². The molecule has 1 aromatic rings. The van der Waals surface area contributed by atoms with E-state index in [1.165, 1.54) is 18.2 Å². The second-order valence-electron chi connectivity index (χ2n) is 3.68. The van der Waals surface area contributed by atoms with Crippen LogP contribution in [-0.2, 0) is 11.4 Å². The minimum atomic E-state index is -1.77. The van der Waals surface area contributed by atoms with E-state index in [0.717, 1.165) is 0 Å². The minimum Gasteiger partial charge on any atom is -0.479 e. The number of hydrogen-bond donors (Lipinski definition) is 3. The van der Waals surface area contributed by atoms with Gasteiger partial charge in [-0.25, -0.2) is 4.79 Å². The second-order valence-corrected chi connectivity index (χ2v) is 4.06. The first-order valence-electron chi connectivity index (χ1n) is 5.25. The van der Waals surface area contributed by atoms with Gasteiger partial charge in [-0.05, 0) is 11.6 Å². The lowest BCUT2D eigenvalue weighted by Crippen LogP contribution is -2.15. The van der Waals surface area contributed by atoms with Crippen LogP contribution in [0.25, 0.3) is 0 Å². The number of carbonyl (C=O) groups is 2. The zero-order valence-electron chi connectivity index (χ0n) is 9.47. The van der Waals surface area contributed by atoms with Crippen molar-refractivity contribution in [2.24, 2.45) is 0 Å². The van der Waals surface area contributed by atoms with Gasteiger partial charge in [-0.2, -0.15) is 0 Å². The third-order valence-corrected chi connectivity index (χ3v) is 2.64. The maximum atomic E-state index is 11.8. The molecule has 0 amide bonds. The van der Waals surface area contributed by atoms with Gasteiger partial charge in [0, 0.05) is 23.4 Å². The monoisotopic (exact) mass is 272 g/mol. The summed E-state index contributed by atoms with van der Waals surface area (Å²) in [6.45, 7) is -0.273. The molecule has 0 radical (unpaired) electrons. The zero-order valence-corrected chi connectivity index (χ0v) is 10.2. The number of aliphatic hydroxyl groups is 2. The van der Waals surface area contributed by atoms with Crippen LogP contribution in [0.5, 0.6) is 0 Å². The quantitative estimate of drug-likeness (QED) is 0.533. The first-order valence-corrected chi connectivity index (χ1v) is 5.78. The summed E-state index contributed by atoms with van der Waals surface area (Å²) in [5, 5.41) is 27.3. The molecule has 0 aliphatic carbocycles. The molecule has 1 unspecified atom stereocenters. The molecule has 0 saturated heterocycles. The van der Waals surface area contributed by atoms with Crippen molar-refractivity contribution in [3.63, 3.8) is 0 Å². The Morgan fingerprint density at radius 3 is 2.50 bits per heavy atom. The predicted molar refractivity (Wildman–Crippen MR) is 64.6 cm³/mol. The predicted octanol–water partition coefficient (Wildman–Crippen LogP) is 1.11. The summed E-state index contributed by atoms with van der Waals surface area (Å²) in [7, 11) is 0. The lowest BCUT2D eigenvalue weighted by atomic mass is 9.95. The molecular formula is C12H13ClO5. The van der Waals surface area contributed by atoms with Crippen LogP contribution in [-0.4, -0.2) is 33.0 Å². The van der Waals surface area contributed by atoms with E-state index in [0.29, 0.717) is 5.56 Å². The van der Waals surface area contributed by atoms with Crippen LogP contribution in [0.2, 0.25) is 0 Å². The topological polar surface area (TPSA) is 94.8 Å². The van der Waals surface area contributed by atoms with E-state index >= 15 is 0 Å². The van der Waals surface area contributed by atoms with Crippen LogP contribution < -0.4 is 0 Å². The molecule has 5 nitrogen and oxygen atoms in total. The number of alkyl halides is 1. The molecule has 0 heterocycles. The van der Waals surface area contributed by atoms with Crippen molar-refractivity contribution < 1.29 is 24.9 Å². The number of halogens is 1. The Balaban J connectivity index is 3.24. The van der Waals surface area contributed by atoms with E-state index in [-0.39, 0.29) is 35.8 Å². The van der Waals surface area contributed by atoms with Crippen molar-refractivity contribution >= 4 is 23.4 Å². The van der Waals surface area contributed by atoms with E-state index in [9.17, 15) is 14.7 Å². The molecular weight excluding hydrogens is 260 g/mol. The van der Waals surface area contributed by atoms with Gasteiger partial charge in [0.05, 0.1) is 6.61 Å². The highest BCUT2D eigenvalue weighted by atomic mass is 35.5. The van der Waals surface area contributed by atoms with E-state index in [1.807, 2.05) is 0 Å². The average Bonchev–Trinajstić information content (AvgIpc) is 2.37. The van der Waals surface area contributed by atoms with Crippen molar-refractivity contribution in [3.8, 4) is 0 Å². The lowest BCUT2D eigenvalue weighted by Gasteiger charge is -2.12. The van der Waals surface area contributed by atoms with Crippen molar-refractivity contribution in [1.29, 1.82) is 0 Å². The van der Waals surface area contributed by atoms with E-state index in [4.69, 9.17) is 21.8 Å². The number of carboxylic acids is 1. The van der Waals surface area contributed by atoms with Crippen molar-refractivity contribution in [2.45, 2.75) is 19.1 Å². The molecule has 0 aliphatic heterocycles. The van der Waals surface area contributed by atoms with Crippen LogP contribution in [0.15, 0.2) is 18.2 Å². The maximum Gasteiger partial charge on any atom is 0.337 e. The lowest BCUT2D eigenvalue weighted by molar-refractivity contribution is -0.146. The van der Waals surface area contributed by atoms with Crippen LogP contribution in [0.4, 0.5) is 0 Å². The van der Waals surface area contributed by atoms with Crippen molar-refractivity contribution in [1.82, 2.24) is 0 Å². The second kappa shape index (κ2) is 6.49. The molecule has 1 rings (SSSR count). The fourth-order valence-corrected chi connectivity index (χ4v) is 1.71. The molecule has 98 valence electrons. The Kier molecular flexibility index (Phi) is 5.27. The fraction of sp³-hybridized carbons (Fsp3) is 0.333. The highest BCUT2D eigenvalue weighted by Gasteiger charge is 2.22. The maximum absolute atomic E-state index is 11.8. The van der Waals surface area contributed by atoms with Gasteiger partial charge in [-0.3, -0.25) is 4.79 Å². The van der Waals surface area contributed by atoms with Crippen LogP contribution in [0.1, 0.15) is 34.0 Å². The van der Waals surface area contributed by atoms with Gasteiger partial charge in [0.2, 0.25) is 0 Å². The van der Waals surface area contributed by atoms with Gasteiger partial charge >= 0.3 is 5.97 Å². The third-order valence-electron chi connectivity index (χ3n) is 2.45. The number of carbonyl (C=O) groups excluding carboxylic acids is 1. The third kappa shape index (κ3) is 3.29. The number of carboxylic acid groups (broad SMARTS) is 1. The van der Waals surface area contributed by atoms with Gasteiger partial charge in [-0.1, -0.05) is 12.1 Å². The molecule has 3 N–H and O–H groups in total. The van der Waals surface area contributed by atoms with E-state index in [1.54, 1.807) is 0 Å². The molecule has 18 heavy (non-hydrogen) atoms. The molecule has 0 fully saturated rings. The van der Waals surface area contributed by atoms with Crippen LogP contribution in [0, 0.1) is 0 Å². The Morgan fingerprint density at radius 1 is 1.33 bits per heavy atom. The number of rotatable bonds is 6. The number of ketones is 1. The summed E-state index contributed by atoms with van der Waals surface area (Å²) in [6, 6.07) is 4.15. The molecule has 1 aromatic carbocycles. The SMILES string of the molecule is O=C(CCCl)c1cc(CO)ccc1C(O)C(=O)O. The summed E-state index contributed by atoms with van der Waals surface area (Å²) in [5.74, 6) is -1.70. The number of benzene rings is 1. The first kappa shape index (κ1) is 14.6. The number of Topliss-reactive ketones (excluding diaryl/α,β-unsaturated/α-hetero) is 1. The summed E-state index contributed by atoms with van der Waals surface area (Å²) >= 11 is 5.47. The highest BCUT2D eigenvalue weighted by molar-refractivity contribution is 6.19. The van der Waals surface area contributed by atoms with Gasteiger partial charge in [0.25, 0.3) is 0 Å². The van der Waals surface area contributed by atoms with E-state index < -0.39 is 12.1 Å². The average molecular weight is 273 g/mol. The summed E-state index contributed by atoms with van der Waals surface area (Å²) < 4.78 is 0. The van der Waals surface area contributed by atoms with Crippen LogP contribution in [0.3, 0.4) is 0 Å². The summed E-state index contributed by atoms with van der Waals surface area (Å²) in [5.41, 5.74) is 0.557. The molecule has 1 atom stereocenters. The van der Waals surface area contributed by atoms with E-state index in [2.05, 4.69) is 0 Å². The van der Waals surface area contributed by atoms with Crippen molar-refractivity contribution in [2.75, 3.05) is 5.88 Å². The fourth-order valence-electron chi connectivity index (χ4n) is 1.54. The zero-order chi connectivity index (χ0) is 13.7. The smallest absolute Gasteiger partial charge is 0.337 e. The van der Waals surface area contributed by atoms with Gasteiger partial charge in [0.15, 0.2) is 11.9 Å². The molecule has 0 aromatic heterocycles. The standard InChI is InChI=1S/C12H13ClO5/c13-4-3-10(15)9-5-7(6-14)1-2-8(9)11(16)12(17)18/h1-2,5,11,14,16H,3-4,6H2,(H,17,18). The summed E-state index contributed by atoms with van der Waals surface area (Å²) in [4.78, 5) is 22.5. The Labute approximate surface area is 109 Å². The van der Waals surface area contributed by atoms with Crippen molar-refractivity contribution in [3.05, 3.63) is 34.9 Å². The Bertz CT molecular complexity index is 458. The van der Waals surface area contributed by atoms with Gasteiger partial charge < -0.3 is 15.3 Å². The molecule has 0 saturated carbocycles. The minimum absolute atomic E-state index is 0.00909. The summed E-state index contributed by atoms with van der Waals surface area (Å²) in [6.07, 6.45) is -1.73. The number of aliphatic hydroxyl groups excluding tert-OH is 2. The van der Waals surface area contributed by atoms with Crippen LogP contribution >= 0.6 is 11.6 Å². The number of hydrogen-bond acceptors (Lipinski definition) is 4. The molecule has 0 bridgehead atoms. The Morgan fingerprint density at radius 2 is 2.00 bits per heavy atom. The first-order chi connectivity index (χ1) is 8.51.